The number of nitrogen functional groups attached to an aromatic ring is 1. The molecule has 2 atom stereocenters. The van der Waals surface area contributed by atoms with E-state index < -0.39 is 11.9 Å². The van der Waals surface area contributed by atoms with Gasteiger partial charge in [0.05, 0.1) is 11.6 Å². The number of carbonyl (C=O) groups is 2. The summed E-state index contributed by atoms with van der Waals surface area (Å²) < 4.78 is 41.7. The van der Waals surface area contributed by atoms with Crippen LogP contribution in [0.4, 0.5) is 24.8 Å². The quantitative estimate of drug-likeness (QED) is 0.318. The van der Waals surface area contributed by atoms with E-state index in [1.165, 1.54) is 13.1 Å². The number of nitrogens with one attached hydrogen (secondary N) is 1. The zero-order valence-corrected chi connectivity index (χ0v) is 22.7. The second-order valence-electron chi connectivity index (χ2n) is 10.4. The molecule has 14 heteroatoms. The van der Waals surface area contributed by atoms with E-state index in [9.17, 15) is 22.8 Å². The number of Topliss-reactive ketones (excluding diaryl/α,β-unsaturated/α-hetero) is 1. The van der Waals surface area contributed by atoms with Crippen LogP contribution in [0, 0.1) is 0 Å². The standard InChI is InChI=1S/C27H26ClF3N8O2/c1-37-20(27(29,30)31)11-21(36-37)34-12-19(40)14-3-6-17(18(28)10-14)23-24-25(32)33-8-9-38(24)26(35-23)15-2-4-16-5-7-22(41)39(16)13-15/h3,6,8-11,15-16H,2,4-5,7,12-13H2,1H3,(H2,32,33)(H,34,36)/t15-,16+/m1/s1. The highest BCUT2D eigenvalue weighted by Gasteiger charge is 2.38. The minimum absolute atomic E-state index is 0.00603. The van der Waals surface area contributed by atoms with Crippen LogP contribution in [0.5, 0.6) is 0 Å². The average molecular weight is 587 g/mol. The van der Waals surface area contributed by atoms with E-state index in [0.29, 0.717) is 34.4 Å². The molecule has 0 spiro atoms. The number of rotatable bonds is 6. The summed E-state index contributed by atoms with van der Waals surface area (Å²) in [4.78, 5) is 36.4. The van der Waals surface area contributed by atoms with Crippen LogP contribution in [0.3, 0.4) is 0 Å². The Kier molecular flexibility index (Phi) is 6.63. The van der Waals surface area contributed by atoms with Crippen molar-refractivity contribution in [1.82, 2.24) is 29.0 Å². The molecule has 3 N–H and O–H groups in total. The van der Waals surface area contributed by atoms with E-state index in [1.807, 2.05) is 9.30 Å². The highest BCUT2D eigenvalue weighted by Crippen LogP contribution is 2.39. The normalized spacial score (nSPS) is 19.1. The van der Waals surface area contributed by atoms with Crippen LogP contribution < -0.4 is 11.1 Å². The van der Waals surface area contributed by atoms with Gasteiger partial charge in [0.1, 0.15) is 34.4 Å². The molecule has 2 aliphatic heterocycles. The van der Waals surface area contributed by atoms with Gasteiger partial charge in [0.25, 0.3) is 0 Å². The number of hydrogen-bond acceptors (Lipinski definition) is 7. The van der Waals surface area contributed by atoms with E-state index in [-0.39, 0.29) is 52.4 Å². The lowest BCUT2D eigenvalue weighted by Crippen LogP contribution is -2.41. The van der Waals surface area contributed by atoms with Gasteiger partial charge in [0, 0.05) is 61.6 Å². The summed E-state index contributed by atoms with van der Waals surface area (Å²) in [5.41, 5.74) is 7.26. The maximum atomic E-state index is 13.0. The topological polar surface area (TPSA) is 123 Å². The Labute approximate surface area is 237 Å². The molecule has 214 valence electrons. The van der Waals surface area contributed by atoms with Crippen molar-refractivity contribution in [1.29, 1.82) is 0 Å². The first-order chi connectivity index (χ1) is 19.5. The predicted octanol–water partition coefficient (Wildman–Crippen LogP) is 4.55. The molecule has 0 saturated carbocycles. The number of piperidine rings is 1. The monoisotopic (exact) mass is 586 g/mol. The molecule has 41 heavy (non-hydrogen) atoms. The number of anilines is 2. The predicted molar refractivity (Wildman–Crippen MR) is 146 cm³/mol. The van der Waals surface area contributed by atoms with Gasteiger partial charge < -0.3 is 16.0 Å². The summed E-state index contributed by atoms with van der Waals surface area (Å²) in [5.74, 6) is 0.745. The number of nitrogens with zero attached hydrogens (tertiary/aromatic N) is 6. The van der Waals surface area contributed by atoms with Gasteiger partial charge in [-0.1, -0.05) is 23.7 Å². The van der Waals surface area contributed by atoms with E-state index in [4.69, 9.17) is 22.3 Å². The molecule has 0 aliphatic carbocycles. The third-order valence-electron chi connectivity index (χ3n) is 7.84. The molecule has 0 bridgehead atoms. The molecule has 6 rings (SSSR count). The smallest absolute Gasteiger partial charge is 0.382 e. The van der Waals surface area contributed by atoms with Crippen LogP contribution in [0.2, 0.25) is 5.02 Å². The molecule has 2 saturated heterocycles. The molecule has 0 unspecified atom stereocenters. The van der Waals surface area contributed by atoms with Crippen molar-refractivity contribution < 1.29 is 22.8 Å². The Bertz CT molecular complexity index is 1680. The lowest BCUT2D eigenvalue weighted by atomic mass is 9.92. The summed E-state index contributed by atoms with van der Waals surface area (Å²) in [6.07, 6.45) is 2.08. The maximum absolute atomic E-state index is 13.0. The third-order valence-corrected chi connectivity index (χ3v) is 8.15. The number of aryl methyl sites for hydroxylation is 1. The van der Waals surface area contributed by atoms with Crippen molar-refractivity contribution in [2.45, 2.75) is 43.8 Å². The number of halogens is 4. The van der Waals surface area contributed by atoms with Crippen molar-refractivity contribution in [3.63, 3.8) is 0 Å². The van der Waals surface area contributed by atoms with Gasteiger partial charge in [-0.15, -0.1) is 0 Å². The zero-order valence-electron chi connectivity index (χ0n) is 22.0. The Hall–Kier alpha value is -4.13. The van der Waals surface area contributed by atoms with Gasteiger partial charge in [0.15, 0.2) is 5.78 Å². The first-order valence-electron chi connectivity index (χ1n) is 13.1. The van der Waals surface area contributed by atoms with Crippen molar-refractivity contribution in [2.75, 3.05) is 24.1 Å². The number of alkyl halides is 3. The molecule has 4 aromatic rings. The van der Waals surface area contributed by atoms with Crippen LogP contribution in [0.1, 0.15) is 53.5 Å². The molecular formula is C27H26ClF3N8O2. The minimum atomic E-state index is -4.56. The van der Waals surface area contributed by atoms with Crippen LogP contribution in [-0.2, 0) is 18.0 Å². The van der Waals surface area contributed by atoms with Gasteiger partial charge in [-0.3, -0.25) is 18.7 Å². The fraction of sp³-hybridized carbons (Fsp3) is 0.370. The van der Waals surface area contributed by atoms with Crippen LogP contribution in [0.15, 0.2) is 36.7 Å². The molecule has 10 nitrogen and oxygen atoms in total. The second kappa shape index (κ2) is 10.1. The van der Waals surface area contributed by atoms with E-state index in [1.54, 1.807) is 24.5 Å². The number of imidazole rings is 1. The maximum Gasteiger partial charge on any atom is 0.433 e. The fourth-order valence-corrected chi connectivity index (χ4v) is 6.08. The molecule has 3 aromatic heterocycles. The average Bonchev–Trinajstić information content (AvgIpc) is 3.62. The van der Waals surface area contributed by atoms with Gasteiger partial charge in [-0.25, -0.2) is 9.97 Å². The number of amides is 1. The fourth-order valence-electron chi connectivity index (χ4n) is 5.81. The Balaban J connectivity index is 1.26. The number of aromatic nitrogens is 5. The van der Waals surface area contributed by atoms with Crippen molar-refractivity contribution in [2.24, 2.45) is 7.05 Å². The Morgan fingerprint density at radius 2 is 2.02 bits per heavy atom. The minimum Gasteiger partial charge on any atom is -0.382 e. The number of ketones is 1. The lowest BCUT2D eigenvalue weighted by Gasteiger charge is -2.34. The second-order valence-corrected chi connectivity index (χ2v) is 10.8. The van der Waals surface area contributed by atoms with Gasteiger partial charge in [-0.2, -0.15) is 18.3 Å². The molecule has 2 aliphatic rings. The van der Waals surface area contributed by atoms with Crippen molar-refractivity contribution >= 4 is 40.4 Å². The van der Waals surface area contributed by atoms with Crippen LogP contribution in [0.25, 0.3) is 16.8 Å². The largest absolute Gasteiger partial charge is 0.433 e. The number of hydrogen-bond donors (Lipinski definition) is 2. The highest BCUT2D eigenvalue weighted by atomic mass is 35.5. The zero-order chi connectivity index (χ0) is 29.1. The number of fused-ring (bicyclic) bond motifs is 2. The first-order valence-corrected chi connectivity index (χ1v) is 13.5. The number of carbonyl (C=O) groups excluding carboxylic acids is 2. The highest BCUT2D eigenvalue weighted by molar-refractivity contribution is 6.34. The summed E-state index contributed by atoms with van der Waals surface area (Å²) in [6, 6.07) is 5.87. The molecule has 2 fully saturated rings. The first kappa shape index (κ1) is 27.1. The molecule has 0 radical (unpaired) electrons. The van der Waals surface area contributed by atoms with Gasteiger partial charge in [-0.05, 0) is 25.3 Å². The lowest BCUT2D eigenvalue weighted by molar-refractivity contribution is -0.143. The van der Waals surface area contributed by atoms with Gasteiger partial charge in [0.2, 0.25) is 5.91 Å². The number of nitrogens with two attached hydrogens (primary N) is 1. The van der Waals surface area contributed by atoms with Crippen molar-refractivity contribution in [3.8, 4) is 11.3 Å². The van der Waals surface area contributed by atoms with E-state index in [2.05, 4.69) is 15.4 Å². The third kappa shape index (κ3) is 4.88. The molecular weight excluding hydrogens is 561 g/mol. The summed E-state index contributed by atoms with van der Waals surface area (Å²) >= 11 is 6.66. The van der Waals surface area contributed by atoms with Crippen molar-refractivity contribution in [3.05, 3.63) is 58.8 Å². The Morgan fingerprint density at radius 1 is 1.22 bits per heavy atom. The van der Waals surface area contributed by atoms with Gasteiger partial charge >= 0.3 is 6.18 Å². The van der Waals surface area contributed by atoms with E-state index >= 15 is 0 Å². The molecule has 1 amide bonds. The van der Waals surface area contributed by atoms with Crippen LogP contribution in [-0.4, -0.2) is 59.9 Å². The summed E-state index contributed by atoms with van der Waals surface area (Å²) in [5, 5.41) is 6.66. The van der Waals surface area contributed by atoms with Crippen LogP contribution >= 0.6 is 11.6 Å². The summed E-state index contributed by atoms with van der Waals surface area (Å²) in [7, 11) is 1.18. The summed E-state index contributed by atoms with van der Waals surface area (Å²) in [6.45, 7) is 0.301. The Morgan fingerprint density at radius 3 is 2.76 bits per heavy atom. The molecule has 5 heterocycles. The molecule has 1 aromatic carbocycles. The SMILES string of the molecule is Cn1nc(NCC(=O)c2ccc(-c3nc([C@@H]4CC[C@H]5CCC(=O)N5C4)n4ccnc(N)c34)c(Cl)c2)cc1C(F)(F)F. The number of benzene rings is 1. The van der Waals surface area contributed by atoms with E-state index in [0.717, 1.165) is 31.2 Å².